The monoisotopic (exact) mass is 471 g/mol. The van der Waals surface area contributed by atoms with Crippen molar-refractivity contribution in [1.29, 1.82) is 0 Å². The van der Waals surface area contributed by atoms with Crippen LogP contribution in [0.1, 0.15) is 42.3 Å². The van der Waals surface area contributed by atoms with Crippen LogP contribution < -0.4 is 14.8 Å². The average molecular weight is 472 g/mol. The van der Waals surface area contributed by atoms with Gasteiger partial charge in [-0.05, 0) is 69.2 Å². The fourth-order valence-electron chi connectivity index (χ4n) is 3.45. The number of amides is 1. The molecule has 0 fully saturated rings. The number of anilines is 1. The van der Waals surface area contributed by atoms with Gasteiger partial charge in [-0.25, -0.2) is 18.1 Å². The molecular formula is C23H25N3O4S2. The zero-order valence-electron chi connectivity index (χ0n) is 18.4. The molecule has 1 aliphatic heterocycles. The Morgan fingerprint density at radius 1 is 1.16 bits per heavy atom. The van der Waals surface area contributed by atoms with Gasteiger partial charge >= 0.3 is 0 Å². The van der Waals surface area contributed by atoms with Gasteiger partial charge in [-0.15, -0.1) is 11.3 Å². The molecule has 0 unspecified atom stereocenters. The van der Waals surface area contributed by atoms with Crippen molar-refractivity contribution in [1.82, 2.24) is 9.71 Å². The number of hydrogen-bond donors (Lipinski definition) is 2. The summed E-state index contributed by atoms with van der Waals surface area (Å²) in [6, 6.07) is 10.5. The van der Waals surface area contributed by atoms with Gasteiger partial charge in [0.1, 0.15) is 5.75 Å². The molecule has 0 saturated heterocycles. The fourth-order valence-corrected chi connectivity index (χ4v) is 5.61. The van der Waals surface area contributed by atoms with Crippen molar-refractivity contribution in [3.05, 3.63) is 58.5 Å². The number of carbonyl (C=O) groups excluding carboxylic acids is 1. The number of benzene rings is 2. The maximum Gasteiger partial charge on any atom is 0.257 e. The van der Waals surface area contributed by atoms with Crippen LogP contribution in [0.25, 0.3) is 11.3 Å². The molecule has 168 valence electrons. The first-order valence-electron chi connectivity index (χ1n) is 10.2. The van der Waals surface area contributed by atoms with Crippen molar-refractivity contribution in [2.24, 2.45) is 0 Å². The normalized spacial score (nSPS) is 13.5. The highest BCUT2D eigenvalue weighted by Crippen LogP contribution is 2.32. The Balaban J connectivity index is 1.55. The standard InChI is InChI=1S/C23H25N3O4S2/c1-14-5-7-17(32(28,29)26-23(2,3)4)12-18(14)21(27)25-22-24-19(13-31-22)15-6-8-20-16(11-15)9-10-30-20/h5-8,11-13,26H,9-10H2,1-4H3,(H,24,25,27). The summed E-state index contributed by atoms with van der Waals surface area (Å²) in [6.07, 6.45) is 0.875. The topological polar surface area (TPSA) is 97.4 Å². The molecule has 9 heteroatoms. The number of nitrogens with one attached hydrogen (secondary N) is 2. The second-order valence-electron chi connectivity index (χ2n) is 8.75. The van der Waals surface area contributed by atoms with E-state index in [1.54, 1.807) is 33.8 Å². The van der Waals surface area contributed by atoms with Gasteiger partial charge in [0.2, 0.25) is 10.0 Å². The maximum atomic E-state index is 12.9. The van der Waals surface area contributed by atoms with Gasteiger partial charge in [-0.1, -0.05) is 6.07 Å². The van der Waals surface area contributed by atoms with E-state index in [0.29, 0.717) is 17.3 Å². The molecule has 0 aliphatic carbocycles. The molecule has 1 aromatic heterocycles. The summed E-state index contributed by atoms with van der Waals surface area (Å²) in [6.45, 7) is 7.75. The Morgan fingerprint density at radius 2 is 1.94 bits per heavy atom. The van der Waals surface area contributed by atoms with Crippen LogP contribution in [-0.4, -0.2) is 31.5 Å². The summed E-state index contributed by atoms with van der Waals surface area (Å²) >= 11 is 1.32. The van der Waals surface area contributed by atoms with E-state index >= 15 is 0 Å². The molecule has 0 atom stereocenters. The molecule has 2 N–H and O–H groups in total. The largest absolute Gasteiger partial charge is 0.493 e. The summed E-state index contributed by atoms with van der Waals surface area (Å²) in [5, 5.41) is 5.13. The summed E-state index contributed by atoms with van der Waals surface area (Å²) in [7, 11) is -3.75. The fraction of sp³-hybridized carbons (Fsp3) is 0.304. The van der Waals surface area contributed by atoms with Gasteiger partial charge in [-0.3, -0.25) is 10.1 Å². The quantitative estimate of drug-likeness (QED) is 0.575. The third-order valence-electron chi connectivity index (χ3n) is 4.91. The van der Waals surface area contributed by atoms with Crippen LogP contribution in [0.2, 0.25) is 0 Å². The van der Waals surface area contributed by atoms with Crippen molar-refractivity contribution < 1.29 is 17.9 Å². The highest BCUT2D eigenvalue weighted by Gasteiger charge is 2.24. The minimum Gasteiger partial charge on any atom is -0.493 e. The van der Waals surface area contributed by atoms with E-state index in [1.165, 1.54) is 23.5 Å². The van der Waals surface area contributed by atoms with Crippen molar-refractivity contribution in [2.45, 2.75) is 44.6 Å². The molecule has 7 nitrogen and oxygen atoms in total. The predicted octanol–water partition coefficient (Wildman–Crippen LogP) is 4.38. The first-order chi connectivity index (χ1) is 15.0. The molecule has 0 spiro atoms. The lowest BCUT2D eigenvalue weighted by Crippen LogP contribution is -2.40. The lowest BCUT2D eigenvalue weighted by molar-refractivity contribution is 0.102. The van der Waals surface area contributed by atoms with Gasteiger partial charge in [0.15, 0.2) is 5.13 Å². The van der Waals surface area contributed by atoms with Crippen molar-refractivity contribution in [2.75, 3.05) is 11.9 Å². The van der Waals surface area contributed by atoms with E-state index in [-0.39, 0.29) is 10.5 Å². The number of carbonyl (C=O) groups is 1. The van der Waals surface area contributed by atoms with E-state index in [0.717, 1.165) is 29.0 Å². The van der Waals surface area contributed by atoms with Gasteiger partial charge in [0.05, 0.1) is 17.2 Å². The number of ether oxygens (including phenoxy) is 1. The van der Waals surface area contributed by atoms with Crippen LogP contribution in [0.3, 0.4) is 0 Å². The van der Waals surface area contributed by atoms with Crippen LogP contribution in [-0.2, 0) is 16.4 Å². The molecule has 2 heterocycles. The van der Waals surface area contributed by atoms with E-state index in [9.17, 15) is 13.2 Å². The zero-order chi connectivity index (χ0) is 23.1. The van der Waals surface area contributed by atoms with Crippen LogP contribution in [0.5, 0.6) is 5.75 Å². The molecule has 0 saturated carbocycles. The molecule has 0 bridgehead atoms. The van der Waals surface area contributed by atoms with Gasteiger partial charge in [-0.2, -0.15) is 0 Å². The second kappa shape index (κ2) is 8.31. The number of nitrogens with zero attached hydrogens (tertiary/aromatic N) is 1. The SMILES string of the molecule is Cc1ccc(S(=O)(=O)NC(C)(C)C)cc1C(=O)Nc1nc(-c2ccc3c(c2)CCO3)cs1. The molecule has 3 aromatic rings. The Bertz CT molecular complexity index is 1290. The number of fused-ring (bicyclic) bond motifs is 1. The van der Waals surface area contributed by atoms with E-state index in [2.05, 4.69) is 21.1 Å². The molecule has 4 rings (SSSR count). The van der Waals surface area contributed by atoms with Crippen molar-refractivity contribution >= 4 is 32.4 Å². The first kappa shape index (κ1) is 22.4. The van der Waals surface area contributed by atoms with Crippen molar-refractivity contribution in [3.63, 3.8) is 0 Å². The average Bonchev–Trinajstić information content (AvgIpc) is 3.34. The summed E-state index contributed by atoms with van der Waals surface area (Å²) in [5.74, 6) is 0.502. The van der Waals surface area contributed by atoms with E-state index in [4.69, 9.17) is 4.74 Å². The van der Waals surface area contributed by atoms with E-state index in [1.807, 2.05) is 17.5 Å². The third-order valence-corrected chi connectivity index (χ3v) is 7.43. The highest BCUT2D eigenvalue weighted by molar-refractivity contribution is 7.89. The molecule has 1 aliphatic rings. The minimum absolute atomic E-state index is 0.0448. The molecule has 0 radical (unpaired) electrons. The number of sulfonamides is 1. The first-order valence-corrected chi connectivity index (χ1v) is 12.6. The lowest BCUT2D eigenvalue weighted by Gasteiger charge is -2.20. The number of aromatic nitrogens is 1. The summed E-state index contributed by atoms with van der Waals surface area (Å²) in [5.41, 5.74) is 3.21. The predicted molar refractivity (Wildman–Crippen MR) is 126 cm³/mol. The smallest absolute Gasteiger partial charge is 0.257 e. The Morgan fingerprint density at radius 3 is 2.69 bits per heavy atom. The maximum absolute atomic E-state index is 12.9. The van der Waals surface area contributed by atoms with Gasteiger partial charge < -0.3 is 4.74 Å². The lowest BCUT2D eigenvalue weighted by atomic mass is 10.1. The van der Waals surface area contributed by atoms with Crippen LogP contribution in [0.15, 0.2) is 46.7 Å². The minimum atomic E-state index is -3.75. The molecule has 2 aromatic carbocycles. The Labute approximate surface area is 191 Å². The van der Waals surface area contributed by atoms with Crippen LogP contribution in [0, 0.1) is 6.92 Å². The molecule has 1 amide bonds. The van der Waals surface area contributed by atoms with Crippen LogP contribution >= 0.6 is 11.3 Å². The number of aryl methyl sites for hydroxylation is 1. The molecule has 32 heavy (non-hydrogen) atoms. The van der Waals surface area contributed by atoms with Gasteiger partial charge in [0, 0.05) is 28.5 Å². The second-order valence-corrected chi connectivity index (χ2v) is 11.3. The molecular weight excluding hydrogens is 446 g/mol. The number of hydrogen-bond acceptors (Lipinski definition) is 6. The highest BCUT2D eigenvalue weighted by atomic mass is 32.2. The number of rotatable bonds is 5. The Hall–Kier alpha value is -2.75. The van der Waals surface area contributed by atoms with Crippen molar-refractivity contribution in [3.8, 4) is 17.0 Å². The number of thiazole rings is 1. The van der Waals surface area contributed by atoms with Crippen LogP contribution in [0.4, 0.5) is 5.13 Å². The van der Waals surface area contributed by atoms with Gasteiger partial charge in [0.25, 0.3) is 5.91 Å². The summed E-state index contributed by atoms with van der Waals surface area (Å²) < 4.78 is 33.5. The third kappa shape index (κ3) is 4.85. The Kier molecular flexibility index (Phi) is 5.83. The van der Waals surface area contributed by atoms with E-state index < -0.39 is 21.5 Å². The zero-order valence-corrected chi connectivity index (χ0v) is 20.0. The summed E-state index contributed by atoms with van der Waals surface area (Å²) in [4.78, 5) is 17.5.